The molecule has 0 bridgehead atoms. The molecule has 0 aliphatic carbocycles. The lowest BCUT2D eigenvalue weighted by Gasteiger charge is -2.29. The summed E-state index contributed by atoms with van der Waals surface area (Å²) in [4.78, 5) is 49.6. The number of pyridine rings is 2. The average molecular weight is 610 g/mol. The van der Waals surface area contributed by atoms with Gasteiger partial charge in [0.1, 0.15) is 17.6 Å². The van der Waals surface area contributed by atoms with Crippen molar-refractivity contribution in [3.05, 3.63) is 112 Å². The van der Waals surface area contributed by atoms with Gasteiger partial charge in [-0.1, -0.05) is 23.7 Å². The molecule has 3 amide bonds. The number of halogens is 4. The van der Waals surface area contributed by atoms with Crippen molar-refractivity contribution in [3.63, 3.8) is 0 Å². The Labute approximate surface area is 248 Å². The van der Waals surface area contributed by atoms with Crippen molar-refractivity contribution in [1.29, 1.82) is 0 Å². The highest BCUT2D eigenvalue weighted by Gasteiger charge is 2.36. The van der Waals surface area contributed by atoms with E-state index in [2.05, 4.69) is 20.6 Å². The highest BCUT2D eigenvalue weighted by molar-refractivity contribution is 6.31. The Morgan fingerprint density at radius 3 is 2.56 bits per heavy atom. The third kappa shape index (κ3) is 6.59. The molecule has 0 unspecified atom stereocenters. The molecular weight excluding hydrogens is 587 g/mol. The van der Waals surface area contributed by atoms with Crippen LogP contribution in [0.1, 0.15) is 37.5 Å². The second-order valence-electron chi connectivity index (χ2n) is 9.57. The van der Waals surface area contributed by atoms with Crippen molar-refractivity contribution in [1.82, 2.24) is 14.9 Å². The van der Waals surface area contributed by atoms with E-state index in [0.29, 0.717) is 22.5 Å². The number of aromatic nitrogens is 2. The van der Waals surface area contributed by atoms with Gasteiger partial charge in [-0.3, -0.25) is 19.4 Å². The first-order valence-electron chi connectivity index (χ1n) is 12.9. The van der Waals surface area contributed by atoms with Gasteiger partial charge in [0.15, 0.2) is 0 Å². The summed E-state index contributed by atoms with van der Waals surface area (Å²) in [6.45, 7) is -0.0233. The number of amides is 3. The summed E-state index contributed by atoms with van der Waals surface area (Å²) in [5, 5.41) is 5.61. The van der Waals surface area contributed by atoms with E-state index in [9.17, 15) is 27.6 Å². The molecule has 0 fully saturated rings. The maximum atomic E-state index is 13.8. The first kappa shape index (κ1) is 29.5. The Morgan fingerprint density at radius 2 is 1.88 bits per heavy atom. The number of carbonyl (C=O) groups is 3. The van der Waals surface area contributed by atoms with Gasteiger partial charge < -0.3 is 20.3 Å². The van der Waals surface area contributed by atoms with E-state index in [4.69, 9.17) is 16.3 Å². The van der Waals surface area contributed by atoms with Gasteiger partial charge in [-0.25, -0.2) is 4.98 Å². The zero-order valence-electron chi connectivity index (χ0n) is 22.5. The Kier molecular flexibility index (Phi) is 8.31. The number of methoxy groups -OCH3 is 1. The molecule has 2 N–H and O–H groups in total. The molecule has 220 valence electrons. The Morgan fingerprint density at radius 1 is 1.07 bits per heavy atom. The van der Waals surface area contributed by atoms with Crippen molar-refractivity contribution >= 4 is 40.8 Å². The number of nitrogens with zero attached hydrogens (tertiary/aromatic N) is 3. The topological polar surface area (TPSA) is 114 Å². The first-order valence-corrected chi connectivity index (χ1v) is 13.2. The summed E-state index contributed by atoms with van der Waals surface area (Å²) in [6, 6.07) is 15.4. The van der Waals surface area contributed by atoms with E-state index in [1.54, 1.807) is 48.7 Å². The van der Waals surface area contributed by atoms with Crippen molar-refractivity contribution in [2.75, 3.05) is 17.7 Å². The maximum Gasteiger partial charge on any atom is 0.417 e. The van der Waals surface area contributed by atoms with Gasteiger partial charge in [-0.05, 0) is 60.2 Å². The number of rotatable bonds is 7. The number of benzene rings is 2. The third-order valence-electron chi connectivity index (χ3n) is 6.73. The third-order valence-corrected chi connectivity index (χ3v) is 6.97. The second-order valence-corrected chi connectivity index (χ2v) is 10.0. The molecule has 0 radical (unpaired) electrons. The Bertz CT molecular complexity index is 1680. The van der Waals surface area contributed by atoms with Gasteiger partial charge in [-0.15, -0.1) is 0 Å². The molecule has 5 rings (SSSR count). The van der Waals surface area contributed by atoms with Crippen molar-refractivity contribution in [2.24, 2.45) is 0 Å². The highest BCUT2D eigenvalue weighted by Crippen LogP contribution is 2.31. The predicted molar refractivity (Wildman–Crippen MR) is 152 cm³/mol. The van der Waals surface area contributed by atoms with E-state index < -0.39 is 35.5 Å². The van der Waals surface area contributed by atoms with Gasteiger partial charge in [-0.2, -0.15) is 13.2 Å². The summed E-state index contributed by atoms with van der Waals surface area (Å²) in [7, 11) is 1.35. The molecule has 3 heterocycles. The predicted octanol–water partition coefficient (Wildman–Crippen LogP) is 5.62. The maximum absolute atomic E-state index is 13.8. The molecular formula is C30H23ClF3N5O4. The number of carbonyl (C=O) groups excluding carboxylic acids is 3. The number of ether oxygens (including phenoxy) is 1. The molecule has 9 nitrogen and oxygen atoms in total. The highest BCUT2D eigenvalue weighted by atomic mass is 35.5. The van der Waals surface area contributed by atoms with Gasteiger partial charge in [0.25, 0.3) is 11.8 Å². The number of fused-ring (bicyclic) bond motifs is 1. The normalized spacial score (nSPS) is 14.9. The van der Waals surface area contributed by atoms with E-state index in [-0.39, 0.29) is 41.3 Å². The Balaban J connectivity index is 1.43. The molecule has 43 heavy (non-hydrogen) atoms. The zero-order chi connectivity index (χ0) is 30.7. The monoisotopic (exact) mass is 609 g/mol. The lowest BCUT2D eigenvalue weighted by Crippen LogP contribution is -2.46. The largest absolute Gasteiger partial charge is 0.496 e. The van der Waals surface area contributed by atoms with Gasteiger partial charge >= 0.3 is 6.18 Å². The van der Waals surface area contributed by atoms with Crippen LogP contribution in [0.5, 0.6) is 5.75 Å². The lowest BCUT2D eigenvalue weighted by atomic mass is 10.0. The van der Waals surface area contributed by atoms with Crippen LogP contribution in [-0.4, -0.2) is 45.7 Å². The van der Waals surface area contributed by atoms with Gasteiger partial charge in [0.2, 0.25) is 5.91 Å². The molecule has 1 aliphatic rings. The first-order chi connectivity index (χ1) is 20.5. The number of anilines is 2. The summed E-state index contributed by atoms with van der Waals surface area (Å²) >= 11 is 6.13. The van der Waals surface area contributed by atoms with E-state index >= 15 is 0 Å². The van der Waals surface area contributed by atoms with Crippen LogP contribution in [0.3, 0.4) is 0 Å². The number of hydrogen-bond acceptors (Lipinski definition) is 6. The van der Waals surface area contributed by atoms with E-state index in [1.165, 1.54) is 24.1 Å². The summed E-state index contributed by atoms with van der Waals surface area (Å²) in [6.07, 6.45) is -2.20. The molecule has 0 saturated carbocycles. The SMILES string of the molecule is COc1cc(CN2C(=O)c3ccc(Cl)cc3NC(=O)[C@H]2Cc2ccccn2)ccc1C(=O)Nc1ccc(C(F)(F)F)cn1. The average Bonchev–Trinajstić information content (AvgIpc) is 3.07. The fraction of sp³-hybridized carbons (Fsp3) is 0.167. The Hall–Kier alpha value is -4.97. The van der Waals surface area contributed by atoms with Crippen LogP contribution in [0.2, 0.25) is 5.02 Å². The smallest absolute Gasteiger partial charge is 0.417 e. The zero-order valence-corrected chi connectivity index (χ0v) is 23.2. The summed E-state index contributed by atoms with van der Waals surface area (Å²) in [5.74, 6) is -1.45. The van der Waals surface area contributed by atoms with E-state index in [1.807, 2.05) is 0 Å². The van der Waals surface area contributed by atoms with Crippen LogP contribution in [0, 0.1) is 0 Å². The van der Waals surface area contributed by atoms with Crippen molar-refractivity contribution < 1.29 is 32.3 Å². The fourth-order valence-corrected chi connectivity index (χ4v) is 4.77. The van der Waals surface area contributed by atoms with Crippen LogP contribution >= 0.6 is 11.6 Å². The molecule has 2 aromatic carbocycles. The molecule has 13 heteroatoms. The summed E-state index contributed by atoms with van der Waals surface area (Å²) < 4.78 is 44.0. The van der Waals surface area contributed by atoms with Crippen molar-refractivity contribution in [3.8, 4) is 5.75 Å². The minimum absolute atomic E-state index is 0.0233. The van der Waals surface area contributed by atoms with Crippen molar-refractivity contribution in [2.45, 2.75) is 25.2 Å². The van der Waals surface area contributed by atoms with Crippen LogP contribution in [0.15, 0.2) is 79.1 Å². The fourth-order valence-electron chi connectivity index (χ4n) is 4.60. The quantitative estimate of drug-likeness (QED) is 0.281. The molecule has 1 aliphatic heterocycles. The second kappa shape index (κ2) is 12.1. The van der Waals surface area contributed by atoms with Crippen LogP contribution in [0.4, 0.5) is 24.7 Å². The number of alkyl halides is 3. The molecule has 0 saturated heterocycles. The number of hydrogen-bond donors (Lipinski definition) is 2. The minimum atomic E-state index is -4.56. The minimum Gasteiger partial charge on any atom is -0.496 e. The number of nitrogens with one attached hydrogen (secondary N) is 2. The van der Waals surface area contributed by atoms with Crippen LogP contribution in [-0.2, 0) is 23.9 Å². The molecule has 0 spiro atoms. The molecule has 2 aromatic heterocycles. The van der Waals surface area contributed by atoms with Gasteiger partial charge in [0.05, 0.1) is 29.5 Å². The van der Waals surface area contributed by atoms with Crippen LogP contribution < -0.4 is 15.4 Å². The molecule has 1 atom stereocenters. The molecule has 4 aromatic rings. The van der Waals surface area contributed by atoms with E-state index in [0.717, 1.165) is 12.1 Å². The van der Waals surface area contributed by atoms with Gasteiger partial charge in [0, 0.05) is 36.1 Å². The standard InChI is InChI=1S/C30H23ClF3N5O4/c1-43-25-12-17(5-8-22(25)27(40)38-26-10-6-18(15-36-26)30(32,33)34)16-39-24(14-20-4-2-3-11-35-20)28(41)37-23-13-19(31)7-9-21(23)29(39)42/h2-13,15,24H,14,16H2,1H3,(H,37,41)(H,36,38,40)/t24-/m1/s1. The lowest BCUT2D eigenvalue weighted by molar-refractivity contribution is -0.137. The summed E-state index contributed by atoms with van der Waals surface area (Å²) in [5.41, 5.74) is 0.830. The van der Waals surface area contributed by atoms with Crippen LogP contribution in [0.25, 0.3) is 0 Å².